The molecule has 0 bridgehead atoms. The van der Waals surface area contributed by atoms with E-state index in [0.717, 1.165) is 5.56 Å². The maximum absolute atomic E-state index is 11.1. The lowest BCUT2D eigenvalue weighted by molar-refractivity contribution is 0.1000. The molecule has 0 aromatic heterocycles. The van der Waals surface area contributed by atoms with E-state index in [4.69, 9.17) is 10.5 Å². The molecule has 3 rings (SSSR count). The predicted molar refractivity (Wildman–Crippen MR) is 101 cm³/mol. The van der Waals surface area contributed by atoms with Gasteiger partial charge in [-0.2, -0.15) is 0 Å². The van der Waals surface area contributed by atoms with Gasteiger partial charge in [0.2, 0.25) is 5.91 Å². The first-order valence-corrected chi connectivity index (χ1v) is 8.23. The molecule has 3 nitrogen and oxygen atoms in total. The lowest BCUT2D eigenvalue weighted by atomic mass is 9.95. The van der Waals surface area contributed by atoms with E-state index >= 15 is 0 Å². The van der Waals surface area contributed by atoms with Crippen LogP contribution in [0.4, 0.5) is 0 Å². The van der Waals surface area contributed by atoms with Gasteiger partial charge in [-0.3, -0.25) is 4.79 Å². The summed E-state index contributed by atoms with van der Waals surface area (Å²) < 4.78 is 5.83. The number of hydrogen-bond donors (Lipinski definition) is 1. The molecule has 0 aliphatic heterocycles. The fraction of sp³-hybridized carbons (Fsp3) is 0.136. The van der Waals surface area contributed by atoms with Crippen molar-refractivity contribution in [2.75, 3.05) is 0 Å². The Hall–Kier alpha value is -3.07. The summed E-state index contributed by atoms with van der Waals surface area (Å²) in [6, 6.07) is 21.6. The molecule has 0 atom stereocenters. The first kappa shape index (κ1) is 16.8. The van der Waals surface area contributed by atoms with E-state index in [1.54, 1.807) is 24.3 Å². The lowest BCUT2D eigenvalue weighted by Gasteiger charge is -2.12. The smallest absolute Gasteiger partial charge is 0.248 e. The standard InChI is InChI=1S/C22H21NO2/c1-15-5-3-6-16(2)21(15)19-8-4-7-17(13-19)14-25-20-11-9-18(10-12-20)22(23)24/h3-13H,14H2,1-2H3,(H2,23,24). The number of carbonyl (C=O) groups is 1. The molecule has 3 aromatic rings. The first-order valence-electron chi connectivity index (χ1n) is 8.23. The minimum absolute atomic E-state index is 0.437. The molecule has 126 valence electrons. The first-order chi connectivity index (χ1) is 12.0. The predicted octanol–water partition coefficient (Wildman–Crippen LogP) is 4.65. The number of ether oxygens (including phenoxy) is 1. The van der Waals surface area contributed by atoms with Gasteiger partial charge in [0.25, 0.3) is 0 Å². The van der Waals surface area contributed by atoms with E-state index < -0.39 is 5.91 Å². The van der Waals surface area contributed by atoms with Gasteiger partial charge in [0.1, 0.15) is 12.4 Å². The van der Waals surface area contributed by atoms with E-state index in [1.165, 1.54) is 22.3 Å². The van der Waals surface area contributed by atoms with Crippen LogP contribution in [0.2, 0.25) is 0 Å². The number of amides is 1. The largest absolute Gasteiger partial charge is 0.489 e. The summed E-state index contributed by atoms with van der Waals surface area (Å²) in [4.78, 5) is 11.1. The Balaban J connectivity index is 1.77. The third-order valence-electron chi connectivity index (χ3n) is 4.24. The van der Waals surface area contributed by atoms with E-state index in [2.05, 4.69) is 56.3 Å². The molecule has 0 aliphatic rings. The van der Waals surface area contributed by atoms with Gasteiger partial charge in [-0.25, -0.2) is 0 Å². The van der Waals surface area contributed by atoms with E-state index in [-0.39, 0.29) is 0 Å². The van der Waals surface area contributed by atoms with Crippen LogP contribution >= 0.6 is 0 Å². The number of carbonyl (C=O) groups excluding carboxylic acids is 1. The number of hydrogen-bond acceptors (Lipinski definition) is 2. The van der Waals surface area contributed by atoms with Crippen LogP contribution in [-0.2, 0) is 6.61 Å². The molecule has 0 aliphatic carbocycles. The highest BCUT2D eigenvalue weighted by atomic mass is 16.5. The zero-order valence-corrected chi connectivity index (χ0v) is 14.5. The Morgan fingerprint density at radius 3 is 2.20 bits per heavy atom. The highest BCUT2D eigenvalue weighted by Gasteiger charge is 2.06. The SMILES string of the molecule is Cc1cccc(C)c1-c1cccc(COc2ccc(C(N)=O)cc2)c1. The number of rotatable bonds is 5. The fourth-order valence-electron chi connectivity index (χ4n) is 2.97. The molecule has 3 heteroatoms. The van der Waals surface area contributed by atoms with Crippen LogP contribution in [0.1, 0.15) is 27.0 Å². The van der Waals surface area contributed by atoms with Crippen molar-refractivity contribution in [2.45, 2.75) is 20.5 Å². The van der Waals surface area contributed by atoms with Crippen molar-refractivity contribution >= 4 is 5.91 Å². The highest BCUT2D eigenvalue weighted by molar-refractivity contribution is 5.92. The Bertz CT molecular complexity index is 878. The lowest BCUT2D eigenvalue weighted by Crippen LogP contribution is -2.10. The van der Waals surface area contributed by atoms with Crippen LogP contribution in [0.15, 0.2) is 66.7 Å². The van der Waals surface area contributed by atoms with Crippen molar-refractivity contribution in [3.05, 3.63) is 89.0 Å². The highest BCUT2D eigenvalue weighted by Crippen LogP contribution is 2.28. The van der Waals surface area contributed by atoms with Crippen LogP contribution in [0.5, 0.6) is 5.75 Å². The van der Waals surface area contributed by atoms with Gasteiger partial charge in [-0.05, 0) is 72.0 Å². The zero-order valence-electron chi connectivity index (χ0n) is 14.5. The second kappa shape index (κ2) is 7.22. The molecular weight excluding hydrogens is 310 g/mol. The number of nitrogens with two attached hydrogens (primary N) is 1. The minimum atomic E-state index is -0.437. The summed E-state index contributed by atoms with van der Waals surface area (Å²) in [6.45, 7) is 4.73. The molecule has 0 saturated carbocycles. The van der Waals surface area contributed by atoms with Crippen molar-refractivity contribution in [1.82, 2.24) is 0 Å². The zero-order chi connectivity index (χ0) is 17.8. The van der Waals surface area contributed by atoms with Crippen LogP contribution in [0.25, 0.3) is 11.1 Å². The average molecular weight is 331 g/mol. The van der Waals surface area contributed by atoms with Crippen molar-refractivity contribution in [2.24, 2.45) is 5.73 Å². The Morgan fingerprint density at radius 2 is 1.56 bits per heavy atom. The van der Waals surface area contributed by atoms with E-state index in [0.29, 0.717) is 17.9 Å². The summed E-state index contributed by atoms with van der Waals surface area (Å²) in [7, 11) is 0. The van der Waals surface area contributed by atoms with E-state index in [9.17, 15) is 4.79 Å². The van der Waals surface area contributed by atoms with Crippen LogP contribution < -0.4 is 10.5 Å². The van der Waals surface area contributed by atoms with Gasteiger partial charge in [0, 0.05) is 5.56 Å². The van der Waals surface area contributed by atoms with Crippen molar-refractivity contribution in [1.29, 1.82) is 0 Å². The summed E-state index contributed by atoms with van der Waals surface area (Å²) in [5.74, 6) is 0.273. The van der Waals surface area contributed by atoms with Gasteiger partial charge in [-0.1, -0.05) is 36.4 Å². The second-order valence-electron chi connectivity index (χ2n) is 6.14. The fourth-order valence-corrected chi connectivity index (χ4v) is 2.97. The molecule has 0 fully saturated rings. The molecule has 25 heavy (non-hydrogen) atoms. The monoisotopic (exact) mass is 331 g/mol. The number of primary amides is 1. The molecule has 0 unspecified atom stereocenters. The molecule has 0 radical (unpaired) electrons. The van der Waals surface area contributed by atoms with Crippen molar-refractivity contribution in [3.8, 4) is 16.9 Å². The van der Waals surface area contributed by atoms with Crippen LogP contribution in [-0.4, -0.2) is 5.91 Å². The average Bonchev–Trinajstić information content (AvgIpc) is 2.60. The molecule has 1 amide bonds. The molecule has 0 heterocycles. The Labute approximate surface area is 148 Å². The van der Waals surface area contributed by atoms with Gasteiger partial charge >= 0.3 is 0 Å². The number of aryl methyl sites for hydroxylation is 2. The molecule has 2 N–H and O–H groups in total. The number of benzene rings is 3. The van der Waals surface area contributed by atoms with Crippen molar-refractivity contribution < 1.29 is 9.53 Å². The van der Waals surface area contributed by atoms with Gasteiger partial charge in [0.15, 0.2) is 0 Å². The third-order valence-corrected chi connectivity index (χ3v) is 4.24. The quantitative estimate of drug-likeness (QED) is 0.740. The summed E-state index contributed by atoms with van der Waals surface area (Å²) in [5, 5.41) is 0. The van der Waals surface area contributed by atoms with Crippen molar-refractivity contribution in [3.63, 3.8) is 0 Å². The van der Waals surface area contributed by atoms with Gasteiger partial charge < -0.3 is 10.5 Å². The molecule has 0 spiro atoms. The minimum Gasteiger partial charge on any atom is -0.489 e. The summed E-state index contributed by atoms with van der Waals surface area (Å²) >= 11 is 0. The van der Waals surface area contributed by atoms with Gasteiger partial charge in [-0.15, -0.1) is 0 Å². The maximum atomic E-state index is 11.1. The van der Waals surface area contributed by atoms with Crippen LogP contribution in [0.3, 0.4) is 0 Å². The molecule has 3 aromatic carbocycles. The van der Waals surface area contributed by atoms with Gasteiger partial charge in [0.05, 0.1) is 0 Å². The normalized spacial score (nSPS) is 10.5. The maximum Gasteiger partial charge on any atom is 0.248 e. The Kier molecular flexibility index (Phi) is 4.85. The van der Waals surface area contributed by atoms with Crippen LogP contribution in [0, 0.1) is 13.8 Å². The molecular formula is C22H21NO2. The summed E-state index contributed by atoms with van der Waals surface area (Å²) in [6.07, 6.45) is 0. The van der Waals surface area contributed by atoms with E-state index in [1.807, 2.05) is 0 Å². The second-order valence-corrected chi connectivity index (χ2v) is 6.14. The molecule has 0 saturated heterocycles. The topological polar surface area (TPSA) is 52.3 Å². The summed E-state index contributed by atoms with van der Waals surface area (Å²) in [5.41, 5.74) is 11.8. The Morgan fingerprint density at radius 1 is 0.920 bits per heavy atom. The third kappa shape index (κ3) is 3.89.